The van der Waals surface area contributed by atoms with Gasteiger partial charge in [0.1, 0.15) is 5.75 Å². The lowest BCUT2D eigenvalue weighted by Crippen LogP contribution is -2.38. The summed E-state index contributed by atoms with van der Waals surface area (Å²) < 4.78 is 10.8. The number of nitrogens with zero attached hydrogens (tertiary/aromatic N) is 1. The average Bonchev–Trinajstić information content (AvgIpc) is 3.24. The predicted octanol–water partition coefficient (Wildman–Crippen LogP) is 2.57. The van der Waals surface area contributed by atoms with Gasteiger partial charge in [0, 0.05) is 31.4 Å². The minimum absolute atomic E-state index is 0.0334. The normalized spacial score (nSPS) is 26.7. The van der Waals surface area contributed by atoms with Gasteiger partial charge in [0.25, 0.3) is 5.91 Å². The largest absolute Gasteiger partial charge is 0.482 e. The third-order valence-electron chi connectivity index (χ3n) is 6.34. The van der Waals surface area contributed by atoms with Crippen LogP contribution in [0.2, 0.25) is 0 Å². The SMILES string of the molecule is O=C(O)COc1cccc(C(=O)N2CC3(CCOCC3)[C@@H]3CCC[C@@H]32)c1. The highest BCUT2D eigenvalue weighted by Gasteiger charge is 2.55. The van der Waals surface area contributed by atoms with Crippen molar-refractivity contribution in [3.8, 4) is 5.75 Å². The Morgan fingerprint density at radius 2 is 2.08 bits per heavy atom. The van der Waals surface area contributed by atoms with Gasteiger partial charge >= 0.3 is 5.97 Å². The number of carboxylic acid groups (broad SMARTS) is 1. The number of carbonyl (C=O) groups excluding carboxylic acids is 1. The molecule has 0 radical (unpaired) electrons. The lowest BCUT2D eigenvalue weighted by Gasteiger charge is -2.37. The second kappa shape index (κ2) is 6.91. The van der Waals surface area contributed by atoms with Gasteiger partial charge in [-0.15, -0.1) is 0 Å². The highest BCUT2D eigenvalue weighted by atomic mass is 16.5. The highest BCUT2D eigenvalue weighted by molar-refractivity contribution is 5.95. The van der Waals surface area contributed by atoms with Crippen molar-refractivity contribution in [1.29, 1.82) is 0 Å². The molecule has 0 unspecified atom stereocenters. The number of hydrogen-bond donors (Lipinski definition) is 1. The number of benzene rings is 1. The van der Waals surface area contributed by atoms with E-state index in [4.69, 9.17) is 14.6 Å². The van der Waals surface area contributed by atoms with Crippen LogP contribution in [0.25, 0.3) is 0 Å². The molecule has 1 N–H and O–H groups in total. The van der Waals surface area contributed by atoms with E-state index in [-0.39, 0.29) is 11.3 Å². The van der Waals surface area contributed by atoms with Crippen LogP contribution in [-0.2, 0) is 9.53 Å². The van der Waals surface area contributed by atoms with Gasteiger partial charge in [-0.2, -0.15) is 0 Å². The van der Waals surface area contributed by atoms with Crippen molar-refractivity contribution in [3.05, 3.63) is 29.8 Å². The predicted molar refractivity (Wildman–Crippen MR) is 94.2 cm³/mol. The molecule has 2 heterocycles. The Morgan fingerprint density at radius 3 is 2.85 bits per heavy atom. The first-order valence-corrected chi connectivity index (χ1v) is 9.42. The first-order valence-electron chi connectivity index (χ1n) is 9.42. The van der Waals surface area contributed by atoms with Crippen LogP contribution in [0.15, 0.2) is 24.3 Å². The number of rotatable bonds is 4. The number of hydrogen-bond acceptors (Lipinski definition) is 4. The molecule has 6 heteroatoms. The van der Waals surface area contributed by atoms with Crippen molar-refractivity contribution in [2.75, 3.05) is 26.4 Å². The number of amides is 1. The Balaban J connectivity index is 1.54. The summed E-state index contributed by atoms with van der Waals surface area (Å²) >= 11 is 0. The van der Waals surface area contributed by atoms with Crippen LogP contribution in [0.5, 0.6) is 5.75 Å². The summed E-state index contributed by atoms with van der Waals surface area (Å²) in [7, 11) is 0. The Morgan fingerprint density at radius 1 is 1.27 bits per heavy atom. The quantitative estimate of drug-likeness (QED) is 0.894. The zero-order chi connectivity index (χ0) is 18.1. The van der Waals surface area contributed by atoms with Gasteiger partial charge in [-0.3, -0.25) is 4.79 Å². The molecular weight excluding hydrogens is 334 g/mol. The first kappa shape index (κ1) is 17.3. The maximum atomic E-state index is 13.2. The van der Waals surface area contributed by atoms with Crippen LogP contribution >= 0.6 is 0 Å². The number of likely N-dealkylation sites (tertiary alicyclic amines) is 1. The second-order valence-electron chi connectivity index (χ2n) is 7.72. The molecule has 3 fully saturated rings. The average molecular weight is 359 g/mol. The monoisotopic (exact) mass is 359 g/mol. The van der Waals surface area contributed by atoms with Crippen LogP contribution in [-0.4, -0.2) is 54.3 Å². The number of ether oxygens (including phenoxy) is 2. The fourth-order valence-corrected chi connectivity index (χ4v) is 5.16. The molecule has 0 aromatic heterocycles. The van der Waals surface area contributed by atoms with E-state index in [0.717, 1.165) is 39.0 Å². The summed E-state index contributed by atoms with van der Waals surface area (Å²) in [6, 6.07) is 7.20. The Hall–Kier alpha value is -2.08. The molecule has 0 bridgehead atoms. The van der Waals surface area contributed by atoms with Crippen molar-refractivity contribution < 1.29 is 24.2 Å². The smallest absolute Gasteiger partial charge is 0.341 e. The Bertz CT molecular complexity index is 697. The zero-order valence-corrected chi connectivity index (χ0v) is 14.9. The number of carbonyl (C=O) groups is 2. The fraction of sp³-hybridized carbons (Fsp3) is 0.600. The van der Waals surface area contributed by atoms with E-state index in [9.17, 15) is 9.59 Å². The molecule has 26 heavy (non-hydrogen) atoms. The summed E-state index contributed by atoms with van der Waals surface area (Å²) in [5.74, 6) is 0.00515. The molecule has 1 spiro atoms. The molecule has 1 amide bonds. The second-order valence-corrected chi connectivity index (χ2v) is 7.72. The third kappa shape index (κ3) is 3.07. The van der Waals surface area contributed by atoms with Gasteiger partial charge in [-0.05, 0) is 55.2 Å². The standard InChI is InChI=1S/C20H25NO5/c22-18(23)12-26-15-4-1-3-14(11-15)19(24)21-13-20(7-9-25-10-8-20)16-5-2-6-17(16)21/h1,3-4,11,16-17H,2,5-10,12-13H2,(H,22,23)/t16-,17+/m1/s1. The molecular formula is C20H25NO5. The molecule has 4 rings (SSSR count). The van der Waals surface area contributed by atoms with Gasteiger partial charge < -0.3 is 19.5 Å². The van der Waals surface area contributed by atoms with E-state index in [1.54, 1.807) is 24.3 Å². The molecule has 1 aromatic carbocycles. The van der Waals surface area contributed by atoms with Crippen molar-refractivity contribution in [3.63, 3.8) is 0 Å². The number of fused-ring (bicyclic) bond motifs is 2. The third-order valence-corrected chi connectivity index (χ3v) is 6.34. The molecule has 2 saturated heterocycles. The summed E-state index contributed by atoms with van der Waals surface area (Å²) in [5.41, 5.74) is 0.787. The molecule has 1 aliphatic carbocycles. The van der Waals surface area contributed by atoms with Gasteiger partial charge in [-0.25, -0.2) is 4.79 Å². The maximum absolute atomic E-state index is 13.2. The minimum Gasteiger partial charge on any atom is -0.482 e. The van der Waals surface area contributed by atoms with Gasteiger partial charge in [0.05, 0.1) is 0 Å². The zero-order valence-electron chi connectivity index (χ0n) is 14.9. The van der Waals surface area contributed by atoms with Crippen LogP contribution in [0.3, 0.4) is 0 Å². The van der Waals surface area contributed by atoms with E-state index in [2.05, 4.69) is 4.90 Å². The molecule has 2 aliphatic heterocycles. The minimum atomic E-state index is -1.03. The van der Waals surface area contributed by atoms with Crippen LogP contribution in [0.4, 0.5) is 0 Å². The Labute approximate surface area is 153 Å². The van der Waals surface area contributed by atoms with Crippen LogP contribution in [0, 0.1) is 11.3 Å². The van der Waals surface area contributed by atoms with E-state index < -0.39 is 12.6 Å². The Kier molecular flexibility index (Phi) is 4.61. The van der Waals surface area contributed by atoms with Crippen molar-refractivity contribution in [2.24, 2.45) is 11.3 Å². The molecule has 140 valence electrons. The van der Waals surface area contributed by atoms with E-state index >= 15 is 0 Å². The first-order chi connectivity index (χ1) is 12.6. The maximum Gasteiger partial charge on any atom is 0.341 e. The molecule has 1 aromatic rings. The van der Waals surface area contributed by atoms with Crippen LogP contribution in [0.1, 0.15) is 42.5 Å². The van der Waals surface area contributed by atoms with Crippen molar-refractivity contribution in [2.45, 2.75) is 38.1 Å². The van der Waals surface area contributed by atoms with Crippen molar-refractivity contribution in [1.82, 2.24) is 4.90 Å². The van der Waals surface area contributed by atoms with Gasteiger partial charge in [0.15, 0.2) is 6.61 Å². The van der Waals surface area contributed by atoms with Gasteiger partial charge in [0.2, 0.25) is 0 Å². The molecule has 6 nitrogen and oxygen atoms in total. The fourth-order valence-electron chi connectivity index (χ4n) is 5.16. The summed E-state index contributed by atoms with van der Waals surface area (Å²) in [4.78, 5) is 26.0. The summed E-state index contributed by atoms with van der Waals surface area (Å²) in [6.07, 6.45) is 5.55. The van der Waals surface area contributed by atoms with E-state index in [1.807, 2.05) is 0 Å². The van der Waals surface area contributed by atoms with Gasteiger partial charge in [-0.1, -0.05) is 12.5 Å². The number of aliphatic carboxylic acids is 1. The number of carboxylic acids is 1. The lowest BCUT2D eigenvalue weighted by atomic mass is 9.71. The van der Waals surface area contributed by atoms with Crippen LogP contribution < -0.4 is 4.74 Å². The molecule has 2 atom stereocenters. The summed E-state index contributed by atoms with van der Waals surface area (Å²) in [5, 5.41) is 8.76. The topological polar surface area (TPSA) is 76.1 Å². The molecule has 3 aliphatic rings. The van der Waals surface area contributed by atoms with Crippen molar-refractivity contribution >= 4 is 11.9 Å². The molecule has 1 saturated carbocycles. The van der Waals surface area contributed by atoms with E-state index in [1.165, 1.54) is 12.8 Å². The summed E-state index contributed by atoms with van der Waals surface area (Å²) in [6.45, 7) is 1.99. The van der Waals surface area contributed by atoms with E-state index in [0.29, 0.717) is 23.3 Å². The lowest BCUT2D eigenvalue weighted by molar-refractivity contribution is -0.139. The highest BCUT2D eigenvalue weighted by Crippen LogP contribution is 2.54.